The lowest BCUT2D eigenvalue weighted by Gasteiger charge is -2.32. The molecule has 0 spiro atoms. The van der Waals surface area contributed by atoms with Crippen LogP contribution in [0.4, 0.5) is 9.18 Å². The van der Waals surface area contributed by atoms with Gasteiger partial charge in [0.25, 0.3) is 0 Å². The van der Waals surface area contributed by atoms with Crippen molar-refractivity contribution < 1.29 is 23.2 Å². The van der Waals surface area contributed by atoms with E-state index in [9.17, 15) is 9.18 Å². The van der Waals surface area contributed by atoms with Gasteiger partial charge in [0.2, 0.25) is 0 Å². The maximum Gasteiger partial charge on any atom is 0.494 e. The Kier molecular flexibility index (Phi) is 5.98. The molecule has 1 unspecified atom stereocenters. The minimum atomic E-state index is -0.603. The number of alkyl carbamates (subject to hydrolysis) is 1. The molecule has 2 rings (SSSR count). The first kappa shape index (κ1) is 21.7. The van der Waals surface area contributed by atoms with E-state index in [1.807, 2.05) is 40.7 Å². The summed E-state index contributed by atoms with van der Waals surface area (Å²) in [6.07, 6.45) is -0.511. The number of carbonyl (C=O) groups excluding carboxylic acids is 1. The van der Waals surface area contributed by atoms with E-state index in [0.717, 1.165) is 0 Å². The number of hydrogen-bond donors (Lipinski definition) is 1. The fourth-order valence-corrected chi connectivity index (χ4v) is 2.73. The molecule has 1 fully saturated rings. The number of hydrogen-bond acceptors (Lipinski definition) is 4. The van der Waals surface area contributed by atoms with Crippen molar-refractivity contribution in [2.24, 2.45) is 0 Å². The lowest BCUT2D eigenvalue weighted by Crippen LogP contribution is -2.41. The molecule has 150 valence electrons. The summed E-state index contributed by atoms with van der Waals surface area (Å²) < 4.78 is 31.8. The molecule has 0 bridgehead atoms. The van der Waals surface area contributed by atoms with Crippen molar-refractivity contribution in [3.8, 4) is 0 Å². The van der Waals surface area contributed by atoms with Gasteiger partial charge in [-0.25, -0.2) is 9.18 Å². The molecule has 1 atom stereocenters. The summed E-state index contributed by atoms with van der Waals surface area (Å²) in [6, 6.07) is 4.98. The second-order valence-electron chi connectivity index (χ2n) is 9.15. The molecule has 1 aromatic rings. The molecule has 0 aromatic heterocycles. The van der Waals surface area contributed by atoms with Gasteiger partial charge in [-0.1, -0.05) is 19.1 Å². The number of carbonyl (C=O) groups is 1. The van der Waals surface area contributed by atoms with E-state index in [1.165, 1.54) is 6.07 Å². The third-order valence-corrected chi connectivity index (χ3v) is 5.03. The predicted molar refractivity (Wildman–Crippen MR) is 105 cm³/mol. The van der Waals surface area contributed by atoms with Gasteiger partial charge in [0.1, 0.15) is 11.4 Å². The van der Waals surface area contributed by atoms with E-state index >= 15 is 0 Å². The molecule has 1 amide bonds. The topological polar surface area (TPSA) is 56.8 Å². The van der Waals surface area contributed by atoms with Gasteiger partial charge in [-0.05, 0) is 65.6 Å². The van der Waals surface area contributed by atoms with Gasteiger partial charge in [-0.3, -0.25) is 0 Å². The maximum atomic E-state index is 14.7. The van der Waals surface area contributed by atoms with Crippen molar-refractivity contribution in [1.82, 2.24) is 5.32 Å². The van der Waals surface area contributed by atoms with Gasteiger partial charge < -0.3 is 19.4 Å². The third kappa shape index (κ3) is 5.23. The molecule has 0 aliphatic carbocycles. The highest BCUT2D eigenvalue weighted by molar-refractivity contribution is 6.62. The Bertz CT molecular complexity index is 684. The van der Waals surface area contributed by atoms with E-state index in [0.29, 0.717) is 11.0 Å². The van der Waals surface area contributed by atoms with Crippen LogP contribution in [0.1, 0.15) is 66.9 Å². The Hall–Kier alpha value is -1.60. The lowest BCUT2D eigenvalue weighted by molar-refractivity contribution is 0.00578. The monoisotopic (exact) mass is 379 g/mol. The van der Waals surface area contributed by atoms with Gasteiger partial charge in [-0.15, -0.1) is 0 Å². The van der Waals surface area contributed by atoms with Crippen LogP contribution in [-0.2, 0) is 14.0 Å². The van der Waals surface area contributed by atoms with Crippen LogP contribution < -0.4 is 10.8 Å². The molecule has 1 heterocycles. The number of nitrogens with one attached hydrogen (secondary N) is 1. The van der Waals surface area contributed by atoms with Crippen molar-refractivity contribution in [3.63, 3.8) is 0 Å². The summed E-state index contributed by atoms with van der Waals surface area (Å²) in [5.74, 6) is -0.550. The van der Waals surface area contributed by atoms with E-state index in [1.54, 1.807) is 26.8 Å². The number of rotatable bonds is 4. The van der Waals surface area contributed by atoms with Crippen LogP contribution in [0.15, 0.2) is 18.2 Å². The summed E-state index contributed by atoms with van der Waals surface area (Å²) >= 11 is 0. The first-order valence-electron chi connectivity index (χ1n) is 9.34. The fourth-order valence-electron chi connectivity index (χ4n) is 2.73. The summed E-state index contributed by atoms with van der Waals surface area (Å²) in [5, 5.41) is 2.68. The second kappa shape index (κ2) is 7.43. The van der Waals surface area contributed by atoms with Gasteiger partial charge in [-0.2, -0.15) is 0 Å². The van der Waals surface area contributed by atoms with Crippen LogP contribution in [0, 0.1) is 5.82 Å². The van der Waals surface area contributed by atoms with Crippen LogP contribution in [-0.4, -0.2) is 36.6 Å². The van der Waals surface area contributed by atoms with Crippen molar-refractivity contribution >= 4 is 18.7 Å². The summed E-state index contributed by atoms with van der Waals surface area (Å²) in [5.41, 5.74) is -0.355. The van der Waals surface area contributed by atoms with Gasteiger partial charge in [0, 0.05) is 12.5 Å². The van der Waals surface area contributed by atoms with Crippen molar-refractivity contribution in [3.05, 3.63) is 29.6 Å². The molecular formula is C20H31BFNO4. The van der Waals surface area contributed by atoms with Gasteiger partial charge in [0.15, 0.2) is 0 Å². The van der Waals surface area contributed by atoms with Crippen LogP contribution in [0.3, 0.4) is 0 Å². The van der Waals surface area contributed by atoms with Crippen LogP contribution in [0.2, 0.25) is 0 Å². The Morgan fingerprint density at radius 3 is 2.26 bits per heavy atom. The van der Waals surface area contributed by atoms with Crippen molar-refractivity contribution in [2.75, 3.05) is 6.54 Å². The van der Waals surface area contributed by atoms with E-state index < -0.39 is 30.0 Å². The molecule has 1 N–H and O–H groups in total. The minimum absolute atomic E-state index is 0.204. The summed E-state index contributed by atoms with van der Waals surface area (Å²) in [4.78, 5) is 11.8. The van der Waals surface area contributed by atoms with E-state index in [2.05, 4.69) is 5.32 Å². The predicted octanol–water partition coefficient (Wildman–Crippen LogP) is 3.75. The lowest BCUT2D eigenvalue weighted by atomic mass is 9.78. The average Bonchev–Trinajstić information content (AvgIpc) is 2.71. The Morgan fingerprint density at radius 1 is 1.22 bits per heavy atom. The largest absolute Gasteiger partial charge is 0.494 e. The molecule has 1 aromatic carbocycles. The normalized spacial score (nSPS) is 19.7. The highest BCUT2D eigenvalue weighted by Gasteiger charge is 2.51. The number of benzene rings is 1. The van der Waals surface area contributed by atoms with Crippen LogP contribution >= 0.6 is 0 Å². The van der Waals surface area contributed by atoms with E-state index in [-0.39, 0.29) is 18.3 Å². The van der Waals surface area contributed by atoms with Crippen LogP contribution in [0.5, 0.6) is 0 Å². The number of ether oxygens (including phenoxy) is 1. The zero-order chi connectivity index (χ0) is 20.6. The highest BCUT2D eigenvalue weighted by Crippen LogP contribution is 2.36. The first-order chi connectivity index (χ1) is 12.2. The Balaban J connectivity index is 2.03. The zero-order valence-corrected chi connectivity index (χ0v) is 17.6. The molecule has 5 nitrogen and oxygen atoms in total. The maximum absolute atomic E-state index is 14.7. The smallest absolute Gasteiger partial charge is 0.444 e. The van der Waals surface area contributed by atoms with Crippen molar-refractivity contribution in [2.45, 2.75) is 78.1 Å². The minimum Gasteiger partial charge on any atom is -0.444 e. The average molecular weight is 379 g/mol. The third-order valence-electron chi connectivity index (χ3n) is 5.03. The zero-order valence-electron chi connectivity index (χ0n) is 17.6. The molecule has 1 saturated heterocycles. The summed E-state index contributed by atoms with van der Waals surface area (Å²) in [6.45, 7) is 15.4. The van der Waals surface area contributed by atoms with Crippen molar-refractivity contribution in [1.29, 1.82) is 0 Å². The standard InChI is InChI=1S/C20H31BFNO4/c1-13(12-23-17(24)25-18(2,3)4)15-10-9-14(11-16(15)22)21-26-19(5,6)20(7,8)27-21/h9-11,13H,12H2,1-8H3,(H,23,24). The van der Waals surface area contributed by atoms with Gasteiger partial charge >= 0.3 is 13.2 Å². The van der Waals surface area contributed by atoms with Gasteiger partial charge in [0.05, 0.1) is 11.2 Å². The van der Waals surface area contributed by atoms with E-state index in [4.69, 9.17) is 14.0 Å². The molecule has 0 saturated carbocycles. The molecule has 27 heavy (non-hydrogen) atoms. The first-order valence-corrected chi connectivity index (χ1v) is 9.34. The van der Waals surface area contributed by atoms with Crippen LogP contribution in [0.25, 0.3) is 0 Å². The fraction of sp³-hybridized carbons (Fsp3) is 0.650. The molecule has 1 aliphatic rings. The molecule has 1 aliphatic heterocycles. The SMILES string of the molecule is CC(CNC(=O)OC(C)(C)C)c1ccc(B2OC(C)(C)C(C)(C)O2)cc1F. The Morgan fingerprint density at radius 2 is 1.78 bits per heavy atom. The Labute approximate surface area is 162 Å². The quantitative estimate of drug-likeness (QED) is 0.810. The molecule has 7 heteroatoms. The highest BCUT2D eigenvalue weighted by atomic mass is 19.1. The number of amides is 1. The summed E-state index contributed by atoms with van der Waals surface area (Å²) in [7, 11) is -0.603. The number of halogens is 1. The second-order valence-corrected chi connectivity index (χ2v) is 9.15. The molecular weight excluding hydrogens is 348 g/mol. The molecule has 0 radical (unpaired) electrons.